The summed E-state index contributed by atoms with van der Waals surface area (Å²) in [4.78, 5) is 2.31. The fraction of sp³-hybridized carbons (Fsp3) is 1.00. The number of nitrogens with zero attached hydrogens (tertiary/aromatic N) is 1. The van der Waals surface area contributed by atoms with Crippen LogP contribution >= 0.6 is 12.4 Å². The molecule has 74 valence electrons. The highest BCUT2D eigenvalue weighted by molar-refractivity contribution is 5.85. The fourth-order valence-corrected chi connectivity index (χ4v) is 1.43. The lowest BCUT2D eigenvalue weighted by atomic mass is 10.1. The number of halogens is 1. The summed E-state index contributed by atoms with van der Waals surface area (Å²) in [5, 5.41) is 0. The van der Waals surface area contributed by atoms with Crippen molar-refractivity contribution in [2.24, 2.45) is 0 Å². The highest BCUT2D eigenvalue weighted by Gasteiger charge is 2.26. The van der Waals surface area contributed by atoms with Crippen LogP contribution in [0.2, 0.25) is 0 Å². The predicted molar refractivity (Wildman–Crippen MR) is 54.0 cm³/mol. The SMILES string of the molecule is CCCC(CC1CO1)N(C)C.Cl. The van der Waals surface area contributed by atoms with Crippen LogP contribution in [0.15, 0.2) is 0 Å². The van der Waals surface area contributed by atoms with Crippen molar-refractivity contribution >= 4 is 12.4 Å². The minimum absolute atomic E-state index is 0. The molecule has 2 atom stereocenters. The van der Waals surface area contributed by atoms with Crippen LogP contribution in [0.1, 0.15) is 26.2 Å². The molecule has 1 heterocycles. The summed E-state index contributed by atoms with van der Waals surface area (Å²) in [6.07, 6.45) is 4.37. The fourth-order valence-electron chi connectivity index (χ4n) is 1.43. The van der Waals surface area contributed by atoms with Gasteiger partial charge < -0.3 is 9.64 Å². The Hall–Kier alpha value is 0.210. The van der Waals surface area contributed by atoms with Crippen LogP contribution in [-0.2, 0) is 4.74 Å². The van der Waals surface area contributed by atoms with Gasteiger partial charge in [0.05, 0.1) is 12.7 Å². The molecule has 0 bridgehead atoms. The van der Waals surface area contributed by atoms with Gasteiger partial charge in [0, 0.05) is 6.04 Å². The van der Waals surface area contributed by atoms with Crippen molar-refractivity contribution in [1.82, 2.24) is 4.90 Å². The maximum atomic E-state index is 5.21. The van der Waals surface area contributed by atoms with Gasteiger partial charge in [0.2, 0.25) is 0 Å². The Morgan fingerprint density at radius 3 is 2.42 bits per heavy atom. The number of rotatable bonds is 5. The van der Waals surface area contributed by atoms with E-state index in [9.17, 15) is 0 Å². The van der Waals surface area contributed by atoms with Gasteiger partial charge in [0.25, 0.3) is 0 Å². The Balaban J connectivity index is 0.00000121. The van der Waals surface area contributed by atoms with Crippen molar-refractivity contribution in [1.29, 1.82) is 0 Å². The van der Waals surface area contributed by atoms with Gasteiger partial charge in [0.15, 0.2) is 0 Å². The lowest BCUT2D eigenvalue weighted by Crippen LogP contribution is -2.29. The molecule has 0 aromatic heterocycles. The van der Waals surface area contributed by atoms with Crippen molar-refractivity contribution in [2.75, 3.05) is 20.7 Å². The average molecular weight is 194 g/mol. The maximum Gasteiger partial charge on any atom is 0.0824 e. The van der Waals surface area contributed by atoms with Gasteiger partial charge in [-0.1, -0.05) is 13.3 Å². The van der Waals surface area contributed by atoms with E-state index in [0.717, 1.165) is 12.6 Å². The van der Waals surface area contributed by atoms with Gasteiger partial charge in [-0.05, 0) is 26.9 Å². The summed E-state index contributed by atoms with van der Waals surface area (Å²) in [6.45, 7) is 3.23. The molecule has 1 rings (SSSR count). The Morgan fingerprint density at radius 2 is 2.08 bits per heavy atom. The van der Waals surface area contributed by atoms with Crippen molar-refractivity contribution < 1.29 is 4.74 Å². The zero-order valence-corrected chi connectivity index (χ0v) is 9.06. The van der Waals surface area contributed by atoms with Crippen LogP contribution in [-0.4, -0.2) is 37.7 Å². The minimum atomic E-state index is 0. The zero-order chi connectivity index (χ0) is 8.27. The van der Waals surface area contributed by atoms with Crippen LogP contribution in [0.3, 0.4) is 0 Å². The van der Waals surface area contributed by atoms with Gasteiger partial charge in [-0.2, -0.15) is 0 Å². The first kappa shape index (κ1) is 12.2. The largest absolute Gasteiger partial charge is 0.373 e. The first-order valence-corrected chi connectivity index (χ1v) is 4.52. The molecule has 2 unspecified atom stereocenters. The number of ether oxygens (including phenoxy) is 1. The van der Waals surface area contributed by atoms with Gasteiger partial charge in [-0.15, -0.1) is 12.4 Å². The van der Waals surface area contributed by atoms with E-state index in [2.05, 4.69) is 25.9 Å². The van der Waals surface area contributed by atoms with Gasteiger partial charge >= 0.3 is 0 Å². The quantitative estimate of drug-likeness (QED) is 0.621. The topological polar surface area (TPSA) is 15.8 Å². The van der Waals surface area contributed by atoms with E-state index in [1.807, 2.05) is 0 Å². The minimum Gasteiger partial charge on any atom is -0.373 e. The van der Waals surface area contributed by atoms with Gasteiger partial charge in [-0.3, -0.25) is 0 Å². The van der Waals surface area contributed by atoms with E-state index >= 15 is 0 Å². The molecule has 3 heteroatoms. The molecule has 1 aliphatic heterocycles. The molecular formula is C9H20ClNO. The smallest absolute Gasteiger partial charge is 0.0824 e. The molecule has 0 spiro atoms. The summed E-state index contributed by atoms with van der Waals surface area (Å²) in [7, 11) is 4.31. The summed E-state index contributed by atoms with van der Waals surface area (Å²) in [5.41, 5.74) is 0. The van der Waals surface area contributed by atoms with Gasteiger partial charge in [0.1, 0.15) is 0 Å². The number of hydrogen-bond donors (Lipinski definition) is 0. The average Bonchev–Trinajstić information content (AvgIpc) is 2.70. The van der Waals surface area contributed by atoms with Crippen LogP contribution in [0.25, 0.3) is 0 Å². The van der Waals surface area contributed by atoms with Crippen molar-refractivity contribution in [2.45, 2.75) is 38.3 Å². The van der Waals surface area contributed by atoms with Crippen LogP contribution < -0.4 is 0 Å². The zero-order valence-electron chi connectivity index (χ0n) is 8.25. The van der Waals surface area contributed by atoms with E-state index in [1.165, 1.54) is 19.3 Å². The van der Waals surface area contributed by atoms with Crippen molar-refractivity contribution in [3.8, 4) is 0 Å². The molecule has 12 heavy (non-hydrogen) atoms. The first-order valence-electron chi connectivity index (χ1n) is 4.52. The lowest BCUT2D eigenvalue weighted by molar-refractivity contribution is 0.239. The van der Waals surface area contributed by atoms with Crippen LogP contribution in [0.4, 0.5) is 0 Å². The summed E-state index contributed by atoms with van der Waals surface area (Å²) < 4.78 is 5.21. The molecule has 0 aliphatic carbocycles. The third-order valence-electron chi connectivity index (χ3n) is 2.29. The van der Waals surface area contributed by atoms with Gasteiger partial charge in [-0.25, -0.2) is 0 Å². The lowest BCUT2D eigenvalue weighted by Gasteiger charge is -2.22. The highest BCUT2D eigenvalue weighted by Crippen LogP contribution is 2.20. The molecule has 0 amide bonds. The molecule has 0 N–H and O–H groups in total. The molecule has 1 aliphatic rings. The second-order valence-electron chi connectivity index (χ2n) is 3.60. The Kier molecular flexibility index (Phi) is 5.89. The second kappa shape index (κ2) is 5.79. The Morgan fingerprint density at radius 1 is 1.50 bits per heavy atom. The van der Waals surface area contributed by atoms with Crippen LogP contribution in [0, 0.1) is 0 Å². The van der Waals surface area contributed by atoms with Crippen LogP contribution in [0.5, 0.6) is 0 Å². The molecule has 1 saturated heterocycles. The molecule has 0 saturated carbocycles. The summed E-state index contributed by atoms with van der Waals surface area (Å²) in [5.74, 6) is 0. The predicted octanol–water partition coefficient (Wildman–Crippen LogP) is 1.93. The molecule has 0 radical (unpaired) electrons. The highest BCUT2D eigenvalue weighted by atomic mass is 35.5. The molecule has 0 aromatic rings. The normalized spacial score (nSPS) is 23.5. The van der Waals surface area contributed by atoms with E-state index < -0.39 is 0 Å². The summed E-state index contributed by atoms with van der Waals surface area (Å²) in [6, 6.07) is 0.729. The van der Waals surface area contributed by atoms with Crippen molar-refractivity contribution in [3.63, 3.8) is 0 Å². The molecular weight excluding hydrogens is 174 g/mol. The summed E-state index contributed by atoms with van der Waals surface area (Å²) >= 11 is 0. The monoisotopic (exact) mass is 193 g/mol. The number of hydrogen-bond acceptors (Lipinski definition) is 2. The Labute approximate surface area is 81.7 Å². The molecule has 0 aromatic carbocycles. The molecule has 2 nitrogen and oxygen atoms in total. The van der Waals surface area contributed by atoms with E-state index in [4.69, 9.17) is 4.74 Å². The van der Waals surface area contributed by atoms with E-state index in [-0.39, 0.29) is 12.4 Å². The van der Waals surface area contributed by atoms with Crippen molar-refractivity contribution in [3.05, 3.63) is 0 Å². The number of epoxide rings is 1. The third kappa shape index (κ3) is 4.29. The maximum absolute atomic E-state index is 5.21. The van der Waals surface area contributed by atoms with E-state index in [1.54, 1.807) is 0 Å². The first-order chi connectivity index (χ1) is 5.24. The standard InChI is InChI=1S/C9H19NO.ClH/c1-4-5-8(10(2)3)6-9-7-11-9;/h8-9H,4-7H2,1-3H3;1H. The Bertz CT molecular complexity index is 115. The van der Waals surface area contributed by atoms with E-state index in [0.29, 0.717) is 6.10 Å². The third-order valence-corrected chi connectivity index (χ3v) is 2.29. The molecule has 1 fully saturated rings. The second-order valence-corrected chi connectivity index (χ2v) is 3.60.